The molecular formula is C26H28O6. The standard InChI is InChI=1S/C26H28O6/c1-25(2,3)26(31-5)16-17(14-15-20(26)23(27)28)18-10-6-9-13-22(18)32-24(29)19-11-7-8-12-21(19)30-4/h6-16,20H,1-5H3,(H,27,28). The van der Waals surface area contributed by atoms with Crippen LogP contribution in [0.25, 0.3) is 5.57 Å². The van der Waals surface area contributed by atoms with Gasteiger partial charge in [0.1, 0.15) is 28.6 Å². The van der Waals surface area contributed by atoms with Gasteiger partial charge in [0.15, 0.2) is 0 Å². The van der Waals surface area contributed by atoms with Crippen molar-refractivity contribution >= 4 is 17.5 Å². The molecule has 0 aliphatic heterocycles. The molecule has 1 N–H and O–H groups in total. The Kier molecular flexibility index (Phi) is 6.55. The smallest absolute Gasteiger partial charge is 0.347 e. The molecule has 0 saturated heterocycles. The predicted octanol–water partition coefficient (Wildman–Crippen LogP) is 5.00. The molecule has 168 valence electrons. The molecule has 0 aromatic heterocycles. The molecule has 32 heavy (non-hydrogen) atoms. The zero-order valence-corrected chi connectivity index (χ0v) is 18.9. The van der Waals surface area contributed by atoms with Gasteiger partial charge in [0.25, 0.3) is 0 Å². The number of methoxy groups -OCH3 is 2. The number of carbonyl (C=O) groups excluding carboxylic acids is 1. The fourth-order valence-corrected chi connectivity index (χ4v) is 4.08. The quantitative estimate of drug-likeness (QED) is 0.507. The summed E-state index contributed by atoms with van der Waals surface area (Å²) in [7, 11) is 3.01. The second kappa shape index (κ2) is 9.01. The minimum Gasteiger partial charge on any atom is -0.496 e. The Morgan fingerprint density at radius 3 is 2.19 bits per heavy atom. The van der Waals surface area contributed by atoms with Crippen molar-refractivity contribution in [2.45, 2.75) is 26.4 Å². The van der Waals surface area contributed by atoms with Crippen LogP contribution in [0.5, 0.6) is 11.5 Å². The van der Waals surface area contributed by atoms with Crippen LogP contribution in [0.3, 0.4) is 0 Å². The first-order valence-electron chi connectivity index (χ1n) is 10.3. The molecule has 0 amide bonds. The monoisotopic (exact) mass is 436 g/mol. The number of rotatable bonds is 6. The zero-order chi connectivity index (χ0) is 23.5. The maximum Gasteiger partial charge on any atom is 0.347 e. The van der Waals surface area contributed by atoms with Gasteiger partial charge in [-0.05, 0) is 35.3 Å². The van der Waals surface area contributed by atoms with Gasteiger partial charge in [0, 0.05) is 12.7 Å². The summed E-state index contributed by atoms with van der Waals surface area (Å²) in [6.45, 7) is 5.81. The van der Waals surface area contributed by atoms with E-state index in [1.54, 1.807) is 48.6 Å². The van der Waals surface area contributed by atoms with Gasteiger partial charge in [-0.1, -0.05) is 63.3 Å². The number of carboxylic acids is 1. The van der Waals surface area contributed by atoms with E-state index >= 15 is 0 Å². The number of esters is 1. The highest BCUT2D eigenvalue weighted by molar-refractivity contribution is 5.95. The van der Waals surface area contributed by atoms with Crippen molar-refractivity contribution in [1.82, 2.24) is 0 Å². The number of para-hydroxylation sites is 2. The SMILES string of the molecule is COc1ccccc1C(=O)Oc1ccccc1C1=CC(OC)(C(C)(C)C)C(C(=O)O)C=C1. The van der Waals surface area contributed by atoms with E-state index in [-0.39, 0.29) is 0 Å². The second-order valence-corrected chi connectivity index (χ2v) is 8.61. The lowest BCUT2D eigenvalue weighted by Gasteiger charge is -2.46. The molecule has 2 aromatic rings. The predicted molar refractivity (Wildman–Crippen MR) is 122 cm³/mol. The number of carboxylic acid groups (broad SMARTS) is 1. The third kappa shape index (κ3) is 4.18. The molecule has 0 spiro atoms. The lowest BCUT2D eigenvalue weighted by molar-refractivity contribution is -0.156. The molecule has 1 aliphatic rings. The maximum atomic E-state index is 12.9. The van der Waals surface area contributed by atoms with E-state index in [4.69, 9.17) is 14.2 Å². The molecule has 0 saturated carbocycles. The van der Waals surface area contributed by atoms with Crippen molar-refractivity contribution in [2.75, 3.05) is 14.2 Å². The fourth-order valence-electron chi connectivity index (χ4n) is 4.08. The maximum absolute atomic E-state index is 12.9. The van der Waals surface area contributed by atoms with Gasteiger partial charge < -0.3 is 19.3 Å². The molecule has 2 aromatic carbocycles. The first-order chi connectivity index (χ1) is 15.1. The summed E-state index contributed by atoms with van der Waals surface area (Å²) < 4.78 is 16.9. The third-order valence-corrected chi connectivity index (χ3v) is 5.80. The van der Waals surface area contributed by atoms with Gasteiger partial charge in [0.05, 0.1) is 7.11 Å². The third-order valence-electron chi connectivity index (χ3n) is 5.80. The largest absolute Gasteiger partial charge is 0.496 e. The highest BCUT2D eigenvalue weighted by atomic mass is 16.5. The number of ether oxygens (including phenoxy) is 3. The number of carbonyl (C=O) groups is 2. The van der Waals surface area contributed by atoms with Crippen LogP contribution in [-0.2, 0) is 9.53 Å². The Morgan fingerprint density at radius 1 is 0.969 bits per heavy atom. The Bertz CT molecular complexity index is 1080. The molecule has 0 radical (unpaired) electrons. The second-order valence-electron chi connectivity index (χ2n) is 8.61. The van der Waals surface area contributed by atoms with Gasteiger partial charge in [-0.3, -0.25) is 4.79 Å². The minimum atomic E-state index is -1.09. The summed E-state index contributed by atoms with van der Waals surface area (Å²) >= 11 is 0. The van der Waals surface area contributed by atoms with E-state index in [9.17, 15) is 14.7 Å². The molecule has 2 atom stereocenters. The summed E-state index contributed by atoms with van der Waals surface area (Å²) in [5.41, 5.74) is 0.0565. The Hall–Kier alpha value is -3.38. The van der Waals surface area contributed by atoms with Crippen LogP contribution in [0.2, 0.25) is 0 Å². The Balaban J connectivity index is 2.05. The van der Waals surface area contributed by atoms with Crippen LogP contribution in [0.15, 0.2) is 66.8 Å². The summed E-state index contributed by atoms with van der Waals surface area (Å²) in [5, 5.41) is 9.83. The molecule has 6 heteroatoms. The van der Waals surface area contributed by atoms with E-state index in [1.807, 2.05) is 39.0 Å². The molecule has 2 unspecified atom stereocenters. The van der Waals surface area contributed by atoms with Gasteiger partial charge >= 0.3 is 11.9 Å². The lowest BCUT2D eigenvalue weighted by Crippen LogP contribution is -2.52. The van der Waals surface area contributed by atoms with Crippen LogP contribution in [0.1, 0.15) is 36.7 Å². The Morgan fingerprint density at radius 2 is 1.59 bits per heavy atom. The van der Waals surface area contributed by atoms with Crippen LogP contribution in [0.4, 0.5) is 0 Å². The normalized spacial score (nSPS) is 20.4. The summed E-state index contributed by atoms with van der Waals surface area (Å²) in [6.07, 6.45) is 5.18. The minimum absolute atomic E-state index is 0.310. The van der Waals surface area contributed by atoms with Crippen molar-refractivity contribution < 1.29 is 28.9 Å². The van der Waals surface area contributed by atoms with E-state index < -0.39 is 28.9 Å². The number of aliphatic carboxylic acids is 1. The topological polar surface area (TPSA) is 82.1 Å². The van der Waals surface area contributed by atoms with Gasteiger partial charge in [-0.2, -0.15) is 0 Å². The van der Waals surface area contributed by atoms with E-state index in [0.717, 1.165) is 0 Å². The van der Waals surface area contributed by atoms with Gasteiger partial charge in [-0.25, -0.2) is 4.79 Å². The van der Waals surface area contributed by atoms with Crippen LogP contribution in [0, 0.1) is 11.3 Å². The zero-order valence-electron chi connectivity index (χ0n) is 18.9. The van der Waals surface area contributed by atoms with Gasteiger partial charge in [0.2, 0.25) is 0 Å². The van der Waals surface area contributed by atoms with Crippen LogP contribution in [-0.4, -0.2) is 36.9 Å². The highest BCUT2D eigenvalue weighted by Gasteiger charge is 2.51. The fraction of sp³-hybridized carbons (Fsp3) is 0.308. The van der Waals surface area contributed by atoms with Crippen LogP contribution >= 0.6 is 0 Å². The number of hydrogen-bond acceptors (Lipinski definition) is 5. The van der Waals surface area contributed by atoms with Gasteiger partial charge in [-0.15, -0.1) is 0 Å². The molecule has 6 nitrogen and oxygen atoms in total. The number of allylic oxidation sites excluding steroid dienone is 2. The molecule has 0 fully saturated rings. The average molecular weight is 437 g/mol. The van der Waals surface area contributed by atoms with Crippen molar-refractivity contribution in [1.29, 1.82) is 0 Å². The molecule has 0 bridgehead atoms. The Labute approximate surface area is 188 Å². The number of benzene rings is 2. The molecule has 1 aliphatic carbocycles. The molecular weight excluding hydrogens is 408 g/mol. The van der Waals surface area contributed by atoms with Crippen molar-refractivity contribution in [3.8, 4) is 11.5 Å². The summed E-state index contributed by atoms with van der Waals surface area (Å²) in [5.74, 6) is -1.61. The van der Waals surface area contributed by atoms with Crippen molar-refractivity contribution in [2.24, 2.45) is 11.3 Å². The number of hydrogen-bond donors (Lipinski definition) is 1. The summed E-state index contributed by atoms with van der Waals surface area (Å²) in [6, 6.07) is 14.0. The first kappa shape index (κ1) is 23.3. The molecule has 0 heterocycles. The van der Waals surface area contributed by atoms with E-state index in [0.29, 0.717) is 28.2 Å². The van der Waals surface area contributed by atoms with Crippen LogP contribution < -0.4 is 9.47 Å². The summed E-state index contributed by atoms with van der Waals surface area (Å²) in [4.78, 5) is 24.9. The first-order valence-corrected chi connectivity index (χ1v) is 10.3. The van der Waals surface area contributed by atoms with Crippen molar-refractivity contribution in [3.63, 3.8) is 0 Å². The van der Waals surface area contributed by atoms with E-state index in [1.165, 1.54) is 14.2 Å². The van der Waals surface area contributed by atoms with Crippen molar-refractivity contribution in [3.05, 3.63) is 77.9 Å². The highest BCUT2D eigenvalue weighted by Crippen LogP contribution is 2.46. The average Bonchev–Trinajstić information content (AvgIpc) is 2.78. The van der Waals surface area contributed by atoms with E-state index in [2.05, 4.69) is 0 Å². The lowest BCUT2D eigenvalue weighted by atomic mass is 9.65. The molecule has 3 rings (SSSR count).